The summed E-state index contributed by atoms with van der Waals surface area (Å²) < 4.78 is 12.4. The SMILES string of the molecule is C=C(C)C(=O)O.C=C(C)C(=O)OCO.C=C(C)C(=O)OCO.C=C(C)C(=O)OCO. The number of hydrogen-bond acceptors (Lipinski definition) is 10. The van der Waals surface area contributed by atoms with Crippen LogP contribution in [0.1, 0.15) is 27.7 Å². The fourth-order valence-electron chi connectivity index (χ4n) is 0.545. The first-order chi connectivity index (χ1) is 13.7. The van der Waals surface area contributed by atoms with Gasteiger partial charge in [0.2, 0.25) is 0 Å². The molecule has 0 aromatic carbocycles. The number of ether oxygens (including phenoxy) is 3. The lowest BCUT2D eigenvalue weighted by Crippen LogP contribution is -2.04. The second kappa shape index (κ2) is 22.0. The Bertz CT molecular complexity index is 539. The summed E-state index contributed by atoms with van der Waals surface area (Å²) in [7, 11) is 0. The van der Waals surface area contributed by atoms with Gasteiger partial charge in [-0.1, -0.05) is 26.3 Å². The van der Waals surface area contributed by atoms with E-state index < -0.39 is 44.3 Å². The second-order valence-electron chi connectivity index (χ2n) is 5.11. The lowest BCUT2D eigenvalue weighted by molar-refractivity contribution is -0.147. The molecule has 0 atom stereocenters. The largest absolute Gasteiger partial charge is 0.478 e. The Hall–Kier alpha value is -3.28. The average Bonchev–Trinajstić information content (AvgIpc) is 2.63. The number of carboxylic acid groups (broad SMARTS) is 1. The number of aliphatic hydroxyl groups excluding tert-OH is 3. The van der Waals surface area contributed by atoms with E-state index in [-0.39, 0.29) is 5.57 Å². The van der Waals surface area contributed by atoms with Crippen LogP contribution in [0.5, 0.6) is 0 Å². The first-order valence-corrected chi connectivity index (χ1v) is 7.88. The molecule has 0 aliphatic carbocycles. The van der Waals surface area contributed by atoms with Crippen LogP contribution in [0.15, 0.2) is 48.6 Å². The van der Waals surface area contributed by atoms with Gasteiger partial charge in [0.1, 0.15) is 0 Å². The van der Waals surface area contributed by atoms with Crippen molar-refractivity contribution in [2.75, 3.05) is 20.4 Å². The quantitative estimate of drug-likeness (QED) is 0.193. The van der Waals surface area contributed by atoms with E-state index in [4.69, 9.17) is 20.4 Å². The van der Waals surface area contributed by atoms with Gasteiger partial charge in [0.25, 0.3) is 0 Å². The highest BCUT2D eigenvalue weighted by Crippen LogP contribution is 1.90. The van der Waals surface area contributed by atoms with Gasteiger partial charge >= 0.3 is 23.9 Å². The fraction of sp³-hybridized carbons (Fsp3) is 0.368. The number of hydrogen-bond donors (Lipinski definition) is 4. The molecule has 0 rings (SSSR count). The minimum absolute atomic E-state index is 0.176. The van der Waals surface area contributed by atoms with Crippen LogP contribution >= 0.6 is 0 Å². The zero-order valence-corrected chi connectivity index (χ0v) is 17.6. The Kier molecular flexibility index (Phi) is 25.1. The molecule has 30 heavy (non-hydrogen) atoms. The summed E-state index contributed by atoms with van der Waals surface area (Å²) in [6.45, 7) is 17.3. The Morgan fingerprint density at radius 1 is 0.567 bits per heavy atom. The lowest BCUT2D eigenvalue weighted by atomic mass is 10.4. The Labute approximate surface area is 175 Å². The summed E-state index contributed by atoms with van der Waals surface area (Å²) in [5.41, 5.74) is 1.05. The zero-order chi connectivity index (χ0) is 24.9. The van der Waals surface area contributed by atoms with E-state index in [2.05, 4.69) is 40.5 Å². The molecule has 0 bridgehead atoms. The number of carboxylic acids is 1. The van der Waals surface area contributed by atoms with Crippen molar-refractivity contribution in [1.82, 2.24) is 0 Å². The Balaban J connectivity index is -0.000000151. The highest BCUT2D eigenvalue weighted by molar-refractivity contribution is 5.87. The molecule has 0 aliphatic rings. The Morgan fingerprint density at radius 3 is 0.767 bits per heavy atom. The molecule has 0 fully saturated rings. The summed E-state index contributed by atoms with van der Waals surface area (Å²) in [5.74, 6) is -2.62. The molecule has 172 valence electrons. The molecule has 0 aromatic rings. The number of carbonyl (C=O) groups is 4. The van der Waals surface area contributed by atoms with Crippen molar-refractivity contribution < 1.29 is 53.8 Å². The van der Waals surface area contributed by atoms with Gasteiger partial charge in [-0.3, -0.25) is 0 Å². The predicted molar refractivity (Wildman–Crippen MR) is 106 cm³/mol. The van der Waals surface area contributed by atoms with E-state index in [0.29, 0.717) is 16.7 Å². The summed E-state index contributed by atoms with van der Waals surface area (Å²) in [4.78, 5) is 40.4. The molecule has 0 saturated heterocycles. The second-order valence-corrected chi connectivity index (χ2v) is 5.11. The van der Waals surface area contributed by atoms with Gasteiger partial charge in [0.15, 0.2) is 20.4 Å². The molecule has 0 saturated carbocycles. The van der Waals surface area contributed by atoms with E-state index in [1.807, 2.05) is 0 Å². The van der Waals surface area contributed by atoms with Crippen molar-refractivity contribution >= 4 is 23.9 Å². The molecule has 0 aliphatic heterocycles. The van der Waals surface area contributed by atoms with Crippen LogP contribution in [-0.4, -0.2) is 64.7 Å². The van der Waals surface area contributed by atoms with Crippen molar-refractivity contribution in [2.45, 2.75) is 27.7 Å². The van der Waals surface area contributed by atoms with Crippen LogP contribution in [0.25, 0.3) is 0 Å². The van der Waals surface area contributed by atoms with Gasteiger partial charge in [-0.25, -0.2) is 19.2 Å². The zero-order valence-electron chi connectivity index (χ0n) is 17.6. The Morgan fingerprint density at radius 2 is 0.733 bits per heavy atom. The van der Waals surface area contributed by atoms with E-state index in [0.717, 1.165) is 0 Å². The van der Waals surface area contributed by atoms with E-state index >= 15 is 0 Å². The van der Waals surface area contributed by atoms with Crippen molar-refractivity contribution in [3.63, 3.8) is 0 Å². The number of esters is 3. The number of aliphatic carboxylic acids is 1. The van der Waals surface area contributed by atoms with E-state index in [1.54, 1.807) is 0 Å². The third-order valence-corrected chi connectivity index (χ3v) is 2.00. The molecular weight excluding hydrogens is 404 g/mol. The minimum atomic E-state index is -0.935. The van der Waals surface area contributed by atoms with Crippen LogP contribution in [-0.2, 0) is 33.4 Å². The highest BCUT2D eigenvalue weighted by atomic mass is 16.6. The summed E-state index contributed by atoms with van der Waals surface area (Å²) >= 11 is 0. The predicted octanol–water partition coefficient (Wildman–Crippen LogP) is 0.814. The summed E-state index contributed by atoms with van der Waals surface area (Å²) in [5, 5.41) is 31.9. The highest BCUT2D eigenvalue weighted by Gasteiger charge is 2.00. The number of aliphatic hydroxyl groups is 3. The topological polar surface area (TPSA) is 177 Å². The molecule has 0 spiro atoms. The van der Waals surface area contributed by atoms with E-state index in [9.17, 15) is 19.2 Å². The normalized spacial score (nSPS) is 8.10. The summed E-state index contributed by atoms with van der Waals surface area (Å²) in [6, 6.07) is 0. The number of rotatable bonds is 7. The fourth-order valence-corrected chi connectivity index (χ4v) is 0.545. The summed E-state index contributed by atoms with van der Waals surface area (Å²) in [6.07, 6.45) is 0. The third kappa shape index (κ3) is 29.5. The van der Waals surface area contributed by atoms with Crippen molar-refractivity contribution in [1.29, 1.82) is 0 Å². The molecular formula is C19H30O11. The van der Waals surface area contributed by atoms with Crippen molar-refractivity contribution in [3.05, 3.63) is 48.6 Å². The maximum atomic E-state index is 10.3. The molecule has 0 amide bonds. The lowest BCUT2D eigenvalue weighted by Gasteiger charge is -1.95. The van der Waals surface area contributed by atoms with Gasteiger partial charge in [-0.05, 0) is 27.7 Å². The van der Waals surface area contributed by atoms with Gasteiger partial charge in [0, 0.05) is 22.3 Å². The van der Waals surface area contributed by atoms with Crippen molar-refractivity contribution in [2.24, 2.45) is 0 Å². The van der Waals surface area contributed by atoms with Crippen LogP contribution in [0.3, 0.4) is 0 Å². The monoisotopic (exact) mass is 434 g/mol. The van der Waals surface area contributed by atoms with E-state index in [1.165, 1.54) is 27.7 Å². The van der Waals surface area contributed by atoms with Gasteiger partial charge in [-0.15, -0.1) is 0 Å². The first-order valence-electron chi connectivity index (χ1n) is 7.88. The standard InChI is InChI=1S/3C5H8O3.C4H6O2/c3*1-4(2)5(7)8-3-6;1-3(2)4(5)6/h3*6H,1,3H2,2H3;1H2,2H3,(H,5,6). The smallest absolute Gasteiger partial charge is 0.335 e. The maximum absolute atomic E-state index is 10.3. The molecule has 0 aromatic heterocycles. The molecule has 4 N–H and O–H groups in total. The first kappa shape index (κ1) is 34.2. The van der Waals surface area contributed by atoms with Crippen LogP contribution in [0.4, 0.5) is 0 Å². The van der Waals surface area contributed by atoms with Crippen LogP contribution in [0, 0.1) is 0 Å². The molecule has 0 heterocycles. The van der Waals surface area contributed by atoms with Gasteiger partial charge in [-0.2, -0.15) is 0 Å². The van der Waals surface area contributed by atoms with Crippen LogP contribution in [0.2, 0.25) is 0 Å². The molecule has 0 radical (unpaired) electrons. The molecule has 0 unspecified atom stereocenters. The van der Waals surface area contributed by atoms with Gasteiger partial charge < -0.3 is 34.6 Å². The average molecular weight is 434 g/mol. The van der Waals surface area contributed by atoms with Crippen molar-refractivity contribution in [3.8, 4) is 0 Å². The van der Waals surface area contributed by atoms with Gasteiger partial charge in [0.05, 0.1) is 0 Å². The molecule has 11 heteroatoms. The third-order valence-electron chi connectivity index (χ3n) is 2.00. The maximum Gasteiger partial charge on any atom is 0.335 e. The minimum Gasteiger partial charge on any atom is -0.478 e. The number of carbonyl (C=O) groups excluding carboxylic acids is 3. The molecule has 11 nitrogen and oxygen atoms in total. The van der Waals surface area contributed by atoms with Crippen LogP contribution < -0.4 is 0 Å².